The Bertz CT molecular complexity index is 1240. The predicted molar refractivity (Wildman–Crippen MR) is 138 cm³/mol. The van der Waals surface area contributed by atoms with Crippen molar-refractivity contribution in [1.82, 2.24) is 25.1 Å². The van der Waals surface area contributed by atoms with Gasteiger partial charge in [-0.1, -0.05) is 31.5 Å². The molecular formula is C25H33N7O2S. The zero-order valence-corrected chi connectivity index (χ0v) is 21.2. The van der Waals surface area contributed by atoms with Gasteiger partial charge < -0.3 is 15.5 Å². The van der Waals surface area contributed by atoms with Gasteiger partial charge in [0, 0.05) is 61.8 Å². The molecule has 2 aromatic heterocycles. The number of rotatable bonds is 9. The maximum atomic E-state index is 12.7. The summed E-state index contributed by atoms with van der Waals surface area (Å²) in [4.78, 5) is 23.8. The van der Waals surface area contributed by atoms with Crippen molar-refractivity contribution in [2.45, 2.75) is 62.3 Å². The average molecular weight is 496 g/mol. The van der Waals surface area contributed by atoms with Crippen molar-refractivity contribution in [2.24, 2.45) is 0 Å². The number of benzene rings is 1. The molecule has 4 heterocycles. The summed E-state index contributed by atoms with van der Waals surface area (Å²) >= 11 is 0. The molecule has 9 nitrogen and oxygen atoms in total. The Morgan fingerprint density at radius 3 is 2.91 bits per heavy atom. The monoisotopic (exact) mass is 495 g/mol. The lowest BCUT2D eigenvalue weighted by atomic mass is 9.94. The number of carbonyl (C=O) groups is 1. The molecular weight excluding hydrogens is 462 g/mol. The number of fused-ring (bicyclic) bond motifs is 2. The average Bonchev–Trinajstić information content (AvgIpc) is 3.45. The molecule has 1 aromatic carbocycles. The van der Waals surface area contributed by atoms with E-state index in [1.165, 1.54) is 11.1 Å². The standard InChI is InChI=1S/C25H33N7O2S/c1-3-6-16(22-18-7-4-5-8-19(18)30-31-22)11-13-26-25-28-20-12-14-35(34)23(20)24(29-25)27-17-9-10-21(33)32(2)15-17/h4-5,7-8,16-17H,3,6,9-15H2,1-2H3,(H,30,31)(H2,26,27,28,29)/t16?,17-,35?/m0/s1. The Labute approximate surface area is 207 Å². The second-order valence-corrected chi connectivity index (χ2v) is 11.0. The number of anilines is 2. The minimum atomic E-state index is -1.09. The van der Waals surface area contributed by atoms with Gasteiger partial charge in [-0.3, -0.25) is 14.1 Å². The summed E-state index contributed by atoms with van der Waals surface area (Å²) in [6, 6.07) is 8.32. The molecule has 5 rings (SSSR count). The quantitative estimate of drug-likeness (QED) is 0.416. The predicted octanol–water partition coefficient (Wildman–Crippen LogP) is 3.44. The lowest BCUT2D eigenvalue weighted by Gasteiger charge is -2.30. The van der Waals surface area contributed by atoms with Gasteiger partial charge in [-0.25, -0.2) is 4.98 Å². The van der Waals surface area contributed by atoms with Crippen LogP contribution < -0.4 is 10.6 Å². The van der Waals surface area contributed by atoms with Gasteiger partial charge in [-0.2, -0.15) is 10.1 Å². The third kappa shape index (κ3) is 5.03. The maximum absolute atomic E-state index is 12.7. The van der Waals surface area contributed by atoms with Crippen LogP contribution in [0.3, 0.4) is 0 Å². The molecule has 10 heteroatoms. The van der Waals surface area contributed by atoms with Crippen LogP contribution in [-0.2, 0) is 22.0 Å². The van der Waals surface area contributed by atoms with Crippen LogP contribution in [0.15, 0.2) is 29.2 Å². The van der Waals surface area contributed by atoms with Crippen LogP contribution in [-0.4, -0.2) is 67.1 Å². The summed E-state index contributed by atoms with van der Waals surface area (Å²) in [7, 11) is 0.727. The molecule has 0 aliphatic carbocycles. The number of carbonyl (C=O) groups excluding carboxylic acids is 1. The summed E-state index contributed by atoms with van der Waals surface area (Å²) in [6.07, 6.45) is 5.02. The minimum absolute atomic E-state index is 0.0877. The molecule has 0 spiro atoms. The van der Waals surface area contributed by atoms with Crippen molar-refractivity contribution < 1.29 is 9.00 Å². The van der Waals surface area contributed by atoms with Crippen molar-refractivity contribution in [3.63, 3.8) is 0 Å². The lowest BCUT2D eigenvalue weighted by molar-refractivity contribution is -0.132. The van der Waals surface area contributed by atoms with E-state index in [2.05, 4.69) is 39.9 Å². The number of piperidine rings is 1. The van der Waals surface area contributed by atoms with E-state index >= 15 is 0 Å². The van der Waals surface area contributed by atoms with Gasteiger partial charge in [0.05, 0.1) is 22.0 Å². The van der Waals surface area contributed by atoms with E-state index in [9.17, 15) is 9.00 Å². The number of nitrogens with zero attached hydrogens (tertiary/aromatic N) is 4. The van der Waals surface area contributed by atoms with Crippen LogP contribution in [0.25, 0.3) is 10.9 Å². The number of likely N-dealkylation sites (N-methyl/N-ethyl adjacent to an activating group) is 1. The highest BCUT2D eigenvalue weighted by molar-refractivity contribution is 7.85. The third-order valence-corrected chi connectivity index (χ3v) is 8.43. The number of aromatic nitrogens is 4. The van der Waals surface area contributed by atoms with E-state index < -0.39 is 10.8 Å². The van der Waals surface area contributed by atoms with Gasteiger partial charge in [0.1, 0.15) is 10.7 Å². The highest BCUT2D eigenvalue weighted by Crippen LogP contribution is 2.32. The van der Waals surface area contributed by atoms with E-state index in [-0.39, 0.29) is 11.9 Å². The lowest BCUT2D eigenvalue weighted by Crippen LogP contribution is -2.43. The Kier molecular flexibility index (Phi) is 6.99. The Morgan fingerprint density at radius 2 is 2.09 bits per heavy atom. The maximum Gasteiger partial charge on any atom is 0.224 e. The Balaban J connectivity index is 1.30. The van der Waals surface area contributed by atoms with Gasteiger partial charge in [0.15, 0.2) is 0 Å². The topological polar surface area (TPSA) is 116 Å². The van der Waals surface area contributed by atoms with E-state index in [4.69, 9.17) is 9.97 Å². The highest BCUT2D eigenvalue weighted by Gasteiger charge is 2.29. The number of aromatic amines is 1. The van der Waals surface area contributed by atoms with Gasteiger partial charge in [-0.05, 0) is 25.3 Å². The number of aryl methyl sites for hydroxylation is 1. The van der Waals surface area contributed by atoms with Gasteiger partial charge in [-0.15, -0.1) is 0 Å². The smallest absolute Gasteiger partial charge is 0.224 e. The first-order valence-corrected chi connectivity index (χ1v) is 13.8. The molecule has 2 unspecified atom stereocenters. The normalized spacial score (nSPS) is 20.7. The number of para-hydroxylation sites is 1. The molecule has 0 radical (unpaired) electrons. The fourth-order valence-electron chi connectivity index (χ4n) is 5.13. The fraction of sp³-hybridized carbons (Fsp3) is 0.520. The summed E-state index contributed by atoms with van der Waals surface area (Å²) in [5.74, 6) is 2.31. The largest absolute Gasteiger partial charge is 0.364 e. The molecule has 186 valence electrons. The first-order valence-electron chi connectivity index (χ1n) is 12.5. The van der Waals surface area contributed by atoms with E-state index in [0.29, 0.717) is 42.8 Å². The van der Waals surface area contributed by atoms with E-state index in [1.54, 1.807) is 4.90 Å². The number of H-pyrrole nitrogens is 1. The summed E-state index contributed by atoms with van der Waals surface area (Å²) in [5.41, 5.74) is 3.04. The summed E-state index contributed by atoms with van der Waals surface area (Å²) in [6.45, 7) is 3.54. The third-order valence-electron chi connectivity index (χ3n) is 6.97. The van der Waals surface area contributed by atoms with Crippen LogP contribution in [0.2, 0.25) is 0 Å². The molecule has 1 saturated heterocycles. The highest BCUT2D eigenvalue weighted by atomic mass is 32.2. The summed E-state index contributed by atoms with van der Waals surface area (Å²) in [5, 5.41) is 15.8. The van der Waals surface area contributed by atoms with E-state index in [1.807, 2.05) is 19.2 Å². The van der Waals surface area contributed by atoms with Gasteiger partial charge in [0.25, 0.3) is 0 Å². The van der Waals surface area contributed by atoms with Crippen molar-refractivity contribution in [2.75, 3.05) is 36.5 Å². The molecule has 3 aromatic rings. The zero-order chi connectivity index (χ0) is 24.4. The molecule has 1 amide bonds. The van der Waals surface area contributed by atoms with Gasteiger partial charge >= 0.3 is 0 Å². The number of hydrogen-bond donors (Lipinski definition) is 3. The van der Waals surface area contributed by atoms with Crippen LogP contribution in [0, 0.1) is 0 Å². The van der Waals surface area contributed by atoms with Gasteiger partial charge in [0.2, 0.25) is 11.9 Å². The van der Waals surface area contributed by atoms with Crippen molar-refractivity contribution in [3.8, 4) is 0 Å². The molecule has 0 saturated carbocycles. The Hall–Kier alpha value is -3.01. The first-order chi connectivity index (χ1) is 17.0. The first kappa shape index (κ1) is 23.7. The fourth-order valence-corrected chi connectivity index (χ4v) is 6.44. The Morgan fingerprint density at radius 1 is 1.23 bits per heavy atom. The molecule has 35 heavy (non-hydrogen) atoms. The van der Waals surface area contributed by atoms with Crippen LogP contribution in [0.4, 0.5) is 11.8 Å². The van der Waals surface area contributed by atoms with E-state index in [0.717, 1.165) is 48.3 Å². The number of nitrogens with one attached hydrogen (secondary N) is 3. The molecule has 2 aliphatic heterocycles. The number of hydrogen-bond acceptors (Lipinski definition) is 7. The number of amides is 1. The molecule has 0 bridgehead atoms. The molecule has 3 atom stereocenters. The van der Waals surface area contributed by atoms with Crippen molar-refractivity contribution in [1.29, 1.82) is 0 Å². The SMILES string of the molecule is CCCC(CCNc1nc2c(c(N[C@H]3CCC(=O)N(C)C3)n1)S(=O)CC2)c1[nH]nc2ccccc12. The number of likely N-dealkylation sites (tertiary alicyclic amines) is 1. The molecule has 3 N–H and O–H groups in total. The second-order valence-electron chi connectivity index (χ2n) is 9.48. The zero-order valence-electron chi connectivity index (χ0n) is 20.3. The van der Waals surface area contributed by atoms with Crippen molar-refractivity contribution in [3.05, 3.63) is 35.7 Å². The van der Waals surface area contributed by atoms with Crippen LogP contribution >= 0.6 is 0 Å². The van der Waals surface area contributed by atoms with Crippen LogP contribution in [0.1, 0.15) is 56.3 Å². The van der Waals surface area contributed by atoms with Crippen molar-refractivity contribution >= 4 is 39.4 Å². The summed E-state index contributed by atoms with van der Waals surface area (Å²) < 4.78 is 12.7. The second kappa shape index (κ2) is 10.3. The molecule has 1 fully saturated rings. The molecule has 2 aliphatic rings. The minimum Gasteiger partial charge on any atom is -0.364 e. The van der Waals surface area contributed by atoms with Crippen LogP contribution in [0.5, 0.6) is 0 Å².